The van der Waals surface area contributed by atoms with Gasteiger partial charge in [-0.2, -0.15) is 0 Å². The van der Waals surface area contributed by atoms with E-state index in [4.69, 9.17) is 5.73 Å². The summed E-state index contributed by atoms with van der Waals surface area (Å²) in [7, 11) is 0. The van der Waals surface area contributed by atoms with E-state index in [1.807, 2.05) is 15.7 Å². The second kappa shape index (κ2) is 13.7. The van der Waals surface area contributed by atoms with Gasteiger partial charge in [-0.25, -0.2) is 0 Å². The van der Waals surface area contributed by atoms with Crippen molar-refractivity contribution in [3.8, 4) is 0 Å². The van der Waals surface area contributed by atoms with Gasteiger partial charge >= 0.3 is 231 Å². The van der Waals surface area contributed by atoms with Gasteiger partial charge in [0.05, 0.1) is 0 Å². The molecule has 4 rings (SSSR count). The maximum atomic E-state index is 11.4. The number of nitrogens with two attached hydrogens (primary N) is 1. The molecule has 1 heterocycles. The fourth-order valence-corrected chi connectivity index (χ4v) is 24.2. The summed E-state index contributed by atoms with van der Waals surface area (Å²) in [4.78, 5) is 5.00. The van der Waals surface area contributed by atoms with Crippen LogP contribution in [-0.4, -0.2) is 66.7 Å². The van der Waals surface area contributed by atoms with Crippen molar-refractivity contribution in [1.82, 2.24) is 4.90 Å². The number of unbranched alkanes of at least 4 members (excludes halogenated alkanes) is 3. The summed E-state index contributed by atoms with van der Waals surface area (Å²) in [6.07, 6.45) is 9.68. The minimum atomic E-state index is -2.56. The van der Waals surface area contributed by atoms with Crippen LogP contribution in [0.2, 0.25) is 13.3 Å². The zero-order valence-corrected chi connectivity index (χ0v) is 26.6. The van der Waals surface area contributed by atoms with Gasteiger partial charge in [-0.3, -0.25) is 0 Å². The first-order chi connectivity index (χ1) is 18.0. The van der Waals surface area contributed by atoms with Gasteiger partial charge in [0.15, 0.2) is 0 Å². The van der Waals surface area contributed by atoms with Crippen LogP contribution in [0.1, 0.15) is 70.4 Å². The molecular formula is C32H51N3OSn. The van der Waals surface area contributed by atoms with Crippen LogP contribution in [0.15, 0.2) is 42.5 Å². The molecular weight excluding hydrogens is 561 g/mol. The average Bonchev–Trinajstić information content (AvgIpc) is 2.93. The zero-order valence-electron chi connectivity index (χ0n) is 23.7. The Hall–Kier alpha value is -1.24. The molecule has 37 heavy (non-hydrogen) atoms. The molecule has 1 saturated heterocycles. The Labute approximate surface area is 230 Å². The molecule has 4 nitrogen and oxygen atoms in total. The monoisotopic (exact) mass is 613 g/mol. The number of hydrogen-bond acceptors (Lipinski definition) is 4. The average molecular weight is 612 g/mol. The Morgan fingerprint density at radius 3 is 2.03 bits per heavy atom. The molecule has 2 aromatic carbocycles. The summed E-state index contributed by atoms with van der Waals surface area (Å²) in [5, 5.41) is 11.4. The van der Waals surface area contributed by atoms with Crippen molar-refractivity contribution in [2.75, 3.05) is 36.8 Å². The molecule has 2 unspecified atom stereocenters. The fraction of sp³-hybridized carbons (Fsp3) is 0.625. The van der Waals surface area contributed by atoms with Gasteiger partial charge in [0.1, 0.15) is 0 Å². The van der Waals surface area contributed by atoms with Crippen molar-refractivity contribution >= 4 is 33.3 Å². The number of aliphatic hydroxyl groups is 1. The van der Waals surface area contributed by atoms with Crippen molar-refractivity contribution in [2.45, 2.75) is 97.6 Å². The maximum absolute atomic E-state index is 11.4. The third-order valence-corrected chi connectivity index (χ3v) is 25.0. The van der Waals surface area contributed by atoms with E-state index in [2.05, 4.69) is 60.9 Å². The molecule has 0 saturated carbocycles. The quantitative estimate of drug-likeness (QED) is 0.229. The van der Waals surface area contributed by atoms with Crippen LogP contribution in [0.5, 0.6) is 0 Å². The van der Waals surface area contributed by atoms with Gasteiger partial charge in [-0.1, -0.05) is 0 Å². The van der Waals surface area contributed by atoms with Gasteiger partial charge in [-0.15, -0.1) is 0 Å². The van der Waals surface area contributed by atoms with Gasteiger partial charge < -0.3 is 0 Å². The summed E-state index contributed by atoms with van der Waals surface area (Å²) in [6, 6.07) is 15.7. The number of aliphatic hydroxyl groups excluding tert-OH is 1. The number of para-hydroxylation sites is 2. The predicted molar refractivity (Wildman–Crippen MR) is 163 cm³/mol. The molecule has 2 aromatic rings. The van der Waals surface area contributed by atoms with Crippen LogP contribution in [0.3, 0.4) is 0 Å². The van der Waals surface area contributed by atoms with E-state index >= 15 is 0 Å². The van der Waals surface area contributed by atoms with Gasteiger partial charge in [0.2, 0.25) is 0 Å². The molecule has 0 spiro atoms. The first-order valence-corrected chi connectivity index (χ1v) is 22.6. The first-order valence-electron chi connectivity index (χ1n) is 15.2. The van der Waals surface area contributed by atoms with Crippen LogP contribution in [-0.2, 0) is 12.8 Å². The Kier molecular flexibility index (Phi) is 10.7. The Morgan fingerprint density at radius 1 is 0.811 bits per heavy atom. The van der Waals surface area contributed by atoms with Crippen molar-refractivity contribution in [1.29, 1.82) is 0 Å². The molecule has 0 amide bonds. The van der Waals surface area contributed by atoms with E-state index in [1.165, 1.54) is 57.4 Å². The molecule has 1 fully saturated rings. The summed E-state index contributed by atoms with van der Waals surface area (Å²) in [6.45, 7) is 11.0. The molecule has 1 aliphatic carbocycles. The third-order valence-electron chi connectivity index (χ3n) is 9.22. The normalized spacial score (nSPS) is 20.7. The summed E-state index contributed by atoms with van der Waals surface area (Å²) < 4.78 is 6.35. The zero-order chi connectivity index (χ0) is 26.3. The van der Waals surface area contributed by atoms with Crippen LogP contribution in [0.4, 0.5) is 11.4 Å². The Morgan fingerprint density at radius 2 is 1.43 bits per heavy atom. The van der Waals surface area contributed by atoms with E-state index < -0.39 is 18.4 Å². The van der Waals surface area contributed by atoms with Gasteiger partial charge in [0.25, 0.3) is 0 Å². The number of hydrogen-bond donors (Lipinski definition) is 2. The molecule has 0 aromatic heterocycles. The molecule has 0 radical (unpaired) electrons. The third kappa shape index (κ3) is 6.67. The van der Waals surface area contributed by atoms with E-state index in [0.29, 0.717) is 0 Å². The molecule has 0 bridgehead atoms. The number of nitrogen functional groups attached to an aromatic ring is 1. The van der Waals surface area contributed by atoms with Crippen molar-refractivity contribution in [3.63, 3.8) is 0 Å². The minimum absolute atomic E-state index is 0.233. The molecule has 2 aliphatic rings. The summed E-state index contributed by atoms with van der Waals surface area (Å²) in [5.41, 5.74) is 11.4. The molecule has 2 atom stereocenters. The topological polar surface area (TPSA) is 52.7 Å². The number of benzene rings is 2. The van der Waals surface area contributed by atoms with Gasteiger partial charge in [-0.05, 0) is 0 Å². The number of nitrogens with zero attached hydrogens (tertiary/aromatic N) is 2. The summed E-state index contributed by atoms with van der Waals surface area (Å²) >= 11 is -2.56. The number of anilines is 2. The van der Waals surface area contributed by atoms with Crippen LogP contribution in [0.25, 0.3) is 0 Å². The van der Waals surface area contributed by atoms with Crippen LogP contribution in [0, 0.1) is 0 Å². The first kappa shape index (κ1) is 28.8. The standard InChI is InChI=1S/C20H24N3O.3C4H9.Sn/c21-17-7-3-4-8-18(17)22-9-11-23(12-10-22)19-13-15-5-1-2-6-16(15)14-20(19)24;3*1-3-4-2;/h1-4,6-8,19-20,24H,9-14,21H2;3*1,3-4H2,2H3;. The number of rotatable bonds is 12. The van der Waals surface area contributed by atoms with E-state index in [1.54, 1.807) is 5.56 Å². The number of fused-ring (bicyclic) bond motifs is 1. The Bertz CT molecular complexity index is 966. The van der Waals surface area contributed by atoms with E-state index in [0.717, 1.165) is 50.4 Å². The molecule has 1 aliphatic heterocycles. The predicted octanol–water partition coefficient (Wildman–Crippen LogP) is 5.98. The van der Waals surface area contributed by atoms with Crippen molar-refractivity contribution < 1.29 is 5.11 Å². The van der Waals surface area contributed by atoms with Crippen molar-refractivity contribution in [3.05, 3.63) is 53.6 Å². The number of piperazine rings is 1. The molecule has 5 heteroatoms. The fourth-order valence-electron chi connectivity index (χ4n) is 7.04. The second-order valence-corrected chi connectivity index (χ2v) is 24.8. The van der Waals surface area contributed by atoms with Crippen LogP contribution >= 0.6 is 0 Å². The van der Waals surface area contributed by atoms with E-state index in [9.17, 15) is 5.11 Å². The molecule has 3 N–H and O–H groups in total. The van der Waals surface area contributed by atoms with E-state index in [-0.39, 0.29) is 12.1 Å². The van der Waals surface area contributed by atoms with Crippen LogP contribution < -0.4 is 14.2 Å². The second-order valence-electron chi connectivity index (χ2n) is 11.7. The Balaban J connectivity index is 1.58. The SMILES string of the molecule is CCC[CH2][Sn]([CH2]CCC)([CH2]CCC)[c]1cccc2c1CC(N1CCN(c3ccccc3N)CC1)C(O)C2. The summed E-state index contributed by atoms with van der Waals surface area (Å²) in [5.74, 6) is 0. The van der Waals surface area contributed by atoms with Gasteiger partial charge in [0, 0.05) is 0 Å². The molecule has 204 valence electrons. The van der Waals surface area contributed by atoms with Crippen molar-refractivity contribution in [2.24, 2.45) is 0 Å².